The number of carbonyl (C=O) groups excluding carboxylic acids is 4. The highest BCUT2D eigenvalue weighted by atomic mass is 16.7. The molecule has 1 saturated carbocycles. The quantitative estimate of drug-likeness (QED) is 0.167. The minimum Gasteiger partial charge on any atom is -0.488 e. The Morgan fingerprint density at radius 2 is 1.63 bits per heavy atom. The van der Waals surface area contributed by atoms with E-state index in [0.29, 0.717) is 63.5 Å². The molecule has 5 rings (SSSR count). The number of benzene rings is 1. The van der Waals surface area contributed by atoms with Crippen LogP contribution in [0.1, 0.15) is 119 Å². The number of rotatable bonds is 7. The number of piperidine rings is 1. The number of aliphatic hydroxyl groups is 2. The van der Waals surface area contributed by atoms with Gasteiger partial charge in [0.2, 0.25) is 5.79 Å². The molecule has 0 spiro atoms. The fourth-order valence-electron chi connectivity index (χ4n) is 9.94. The second kappa shape index (κ2) is 21.6. The van der Waals surface area contributed by atoms with Crippen molar-refractivity contribution in [2.75, 3.05) is 20.8 Å². The van der Waals surface area contributed by atoms with E-state index >= 15 is 0 Å². The summed E-state index contributed by atoms with van der Waals surface area (Å²) in [7, 11) is 3.10. The second-order valence-corrected chi connectivity index (χ2v) is 18.2. The molecular formula is C48H71NO11. The molecule has 3 fully saturated rings. The number of carbonyl (C=O) groups is 4. The first kappa shape index (κ1) is 47.6. The first-order chi connectivity index (χ1) is 28.6. The zero-order chi connectivity index (χ0) is 43.7. The van der Waals surface area contributed by atoms with Gasteiger partial charge in [0.05, 0.1) is 18.3 Å². The van der Waals surface area contributed by atoms with Crippen molar-refractivity contribution >= 4 is 23.4 Å². The number of aliphatic hydroxyl groups excluding tert-OH is 1. The average Bonchev–Trinajstić information content (AvgIpc) is 3.24. The lowest BCUT2D eigenvalue weighted by Crippen LogP contribution is -2.64. The number of cyclic esters (lactones) is 1. The summed E-state index contributed by atoms with van der Waals surface area (Å²) in [6.07, 6.45) is 6.64. The van der Waals surface area contributed by atoms with E-state index in [9.17, 15) is 29.4 Å². The molecule has 3 aliphatic heterocycles. The van der Waals surface area contributed by atoms with Crippen molar-refractivity contribution in [2.45, 2.75) is 167 Å². The van der Waals surface area contributed by atoms with Crippen LogP contribution in [-0.4, -0.2) is 108 Å². The summed E-state index contributed by atoms with van der Waals surface area (Å²) < 4.78 is 30.7. The van der Waals surface area contributed by atoms with E-state index in [1.807, 2.05) is 58.0 Å². The van der Waals surface area contributed by atoms with Crippen LogP contribution in [0.2, 0.25) is 0 Å². The Morgan fingerprint density at radius 1 is 0.933 bits per heavy atom. The highest BCUT2D eigenvalue weighted by Gasteiger charge is 2.56. The van der Waals surface area contributed by atoms with Crippen molar-refractivity contribution in [3.05, 3.63) is 53.6 Å². The summed E-state index contributed by atoms with van der Waals surface area (Å²) in [5, 5.41) is 22.9. The summed E-state index contributed by atoms with van der Waals surface area (Å²) in [6.45, 7) is 11.8. The van der Waals surface area contributed by atoms with E-state index < -0.39 is 72.0 Å². The first-order valence-electron chi connectivity index (χ1n) is 22.4. The molecular weight excluding hydrogens is 767 g/mol. The zero-order valence-electron chi connectivity index (χ0n) is 37.2. The van der Waals surface area contributed by atoms with Gasteiger partial charge in [0.25, 0.3) is 11.7 Å². The van der Waals surface area contributed by atoms with E-state index in [-0.39, 0.29) is 48.8 Å². The number of allylic oxidation sites excluding steroid dienone is 3. The standard InChI is InChI=1S/C48H71NO11/c1-9-35-24-29(2)23-30(3)25-41(56-7)44-42(57-8)27-33(6)48(55,60-44)45(52)46(53)49-22-14-13-17-37(49)47(54)59-43(31(4)18-20-38(35)50)32(5)26-34-19-21-39(51)40(28-34)58-36-15-11-10-12-16-36/h10-12,15-16,24,26,30-31,33-35,37,39-44,51,55H,9,13-14,17-23,25,27-28H2,1-8H3/b29-24+,32-26?. The molecule has 12 heteroatoms. The van der Waals surface area contributed by atoms with Gasteiger partial charge in [-0.2, -0.15) is 0 Å². The molecule has 1 aromatic carbocycles. The number of methoxy groups -OCH3 is 2. The zero-order valence-corrected chi connectivity index (χ0v) is 37.2. The number of para-hydroxylation sites is 1. The third-order valence-corrected chi connectivity index (χ3v) is 13.5. The van der Waals surface area contributed by atoms with Crippen molar-refractivity contribution in [3.63, 3.8) is 0 Å². The van der Waals surface area contributed by atoms with Crippen LogP contribution in [-0.2, 0) is 38.1 Å². The van der Waals surface area contributed by atoms with Gasteiger partial charge < -0.3 is 38.8 Å². The Bertz CT molecular complexity index is 1680. The molecule has 12 nitrogen and oxygen atoms in total. The van der Waals surface area contributed by atoms with Gasteiger partial charge in [-0.1, -0.05) is 63.6 Å². The molecule has 2 bridgehead atoms. The molecule has 13 atom stereocenters. The van der Waals surface area contributed by atoms with Crippen LogP contribution in [0.3, 0.4) is 0 Å². The number of ether oxygens (including phenoxy) is 5. The SMILES string of the molecule is CCC1/C=C(\C)CC(C)CC(OC)C2OC(O)(C(=O)C(=O)N3CCCCC3C(=O)OC(C(C)=CC3CCC(O)C(Oc4ccccc4)C3)C(C)CCC1=O)C(C)CC2OC. The summed E-state index contributed by atoms with van der Waals surface area (Å²) in [5.41, 5.74) is 1.89. The molecule has 2 N–H and O–H groups in total. The highest BCUT2D eigenvalue weighted by molar-refractivity contribution is 6.39. The van der Waals surface area contributed by atoms with Crippen molar-refractivity contribution in [3.8, 4) is 5.75 Å². The molecule has 0 radical (unpaired) electrons. The van der Waals surface area contributed by atoms with E-state index in [1.165, 1.54) is 4.90 Å². The fraction of sp³-hybridized carbons (Fsp3) is 0.708. The summed E-state index contributed by atoms with van der Waals surface area (Å²) >= 11 is 0. The van der Waals surface area contributed by atoms with Gasteiger partial charge in [-0.15, -0.1) is 0 Å². The maximum absolute atomic E-state index is 14.4. The van der Waals surface area contributed by atoms with Gasteiger partial charge in [-0.25, -0.2) is 4.79 Å². The molecule has 13 unspecified atom stereocenters. The van der Waals surface area contributed by atoms with E-state index in [4.69, 9.17) is 23.7 Å². The van der Waals surface area contributed by atoms with Crippen molar-refractivity contribution in [2.24, 2.45) is 29.6 Å². The Kier molecular flexibility index (Phi) is 17.1. The van der Waals surface area contributed by atoms with Crippen LogP contribution in [0.4, 0.5) is 0 Å². The van der Waals surface area contributed by atoms with Gasteiger partial charge in [0.15, 0.2) is 0 Å². The van der Waals surface area contributed by atoms with Gasteiger partial charge in [0.1, 0.15) is 35.9 Å². The van der Waals surface area contributed by atoms with E-state index in [0.717, 1.165) is 17.6 Å². The predicted molar refractivity (Wildman–Crippen MR) is 227 cm³/mol. The second-order valence-electron chi connectivity index (χ2n) is 18.2. The largest absolute Gasteiger partial charge is 0.488 e. The van der Waals surface area contributed by atoms with Gasteiger partial charge >= 0.3 is 5.97 Å². The molecule has 60 heavy (non-hydrogen) atoms. The molecule has 334 valence electrons. The van der Waals surface area contributed by atoms with Gasteiger partial charge in [-0.05, 0) is 120 Å². The third kappa shape index (κ3) is 11.5. The van der Waals surface area contributed by atoms with Crippen LogP contribution < -0.4 is 4.74 Å². The summed E-state index contributed by atoms with van der Waals surface area (Å²) in [6, 6.07) is 8.37. The van der Waals surface area contributed by atoms with Crippen LogP contribution in [0.15, 0.2) is 53.6 Å². The summed E-state index contributed by atoms with van der Waals surface area (Å²) in [5.74, 6) is -5.64. The smallest absolute Gasteiger partial charge is 0.329 e. The molecule has 1 amide bonds. The summed E-state index contributed by atoms with van der Waals surface area (Å²) in [4.78, 5) is 58.1. The average molecular weight is 838 g/mol. The molecule has 2 saturated heterocycles. The van der Waals surface area contributed by atoms with Crippen LogP contribution in [0.5, 0.6) is 5.75 Å². The Balaban J connectivity index is 1.48. The number of esters is 1. The highest BCUT2D eigenvalue weighted by Crippen LogP contribution is 2.39. The van der Waals surface area contributed by atoms with Crippen molar-refractivity contribution < 1.29 is 53.1 Å². The number of amides is 1. The van der Waals surface area contributed by atoms with Crippen LogP contribution in [0.25, 0.3) is 0 Å². The fourth-order valence-corrected chi connectivity index (χ4v) is 9.94. The number of hydrogen-bond donors (Lipinski definition) is 2. The Labute approximate surface area is 357 Å². The number of fused-ring (bicyclic) bond motifs is 3. The number of ketones is 2. The van der Waals surface area contributed by atoms with E-state index in [2.05, 4.69) is 19.1 Å². The minimum absolute atomic E-state index is 0.0302. The lowest BCUT2D eigenvalue weighted by molar-refractivity contribution is -0.302. The number of nitrogens with zero attached hydrogens (tertiary/aromatic N) is 1. The maximum Gasteiger partial charge on any atom is 0.329 e. The monoisotopic (exact) mass is 838 g/mol. The van der Waals surface area contributed by atoms with Crippen LogP contribution in [0, 0.1) is 29.6 Å². The van der Waals surface area contributed by atoms with E-state index in [1.54, 1.807) is 21.1 Å². The lowest BCUT2D eigenvalue weighted by atomic mass is 9.82. The molecule has 3 heterocycles. The topological polar surface area (TPSA) is 158 Å². The Hall–Kier alpha value is -3.42. The first-order valence-corrected chi connectivity index (χ1v) is 22.4. The lowest BCUT2D eigenvalue weighted by Gasteiger charge is -2.47. The van der Waals surface area contributed by atoms with Crippen LogP contribution >= 0.6 is 0 Å². The predicted octanol–water partition coefficient (Wildman–Crippen LogP) is 6.93. The Morgan fingerprint density at radius 3 is 2.32 bits per heavy atom. The van der Waals surface area contributed by atoms with Crippen molar-refractivity contribution in [1.82, 2.24) is 4.90 Å². The third-order valence-electron chi connectivity index (χ3n) is 13.5. The molecule has 4 aliphatic rings. The molecule has 0 aromatic heterocycles. The van der Waals surface area contributed by atoms with Crippen molar-refractivity contribution in [1.29, 1.82) is 0 Å². The molecule has 1 aliphatic carbocycles. The number of Topliss-reactive ketones (excluding diaryl/α,β-unsaturated/α-hetero) is 2. The maximum atomic E-state index is 14.4. The minimum atomic E-state index is -2.47. The molecule has 1 aromatic rings. The normalized spacial score (nSPS) is 38.2. The number of hydrogen-bond acceptors (Lipinski definition) is 11. The van der Waals surface area contributed by atoms with Gasteiger partial charge in [0, 0.05) is 39.0 Å². The van der Waals surface area contributed by atoms with Gasteiger partial charge in [-0.3, -0.25) is 14.4 Å².